The van der Waals surface area contributed by atoms with Gasteiger partial charge in [0.05, 0.1) is 20.3 Å². The van der Waals surface area contributed by atoms with E-state index < -0.39 is 0 Å². The minimum absolute atomic E-state index is 0.139. The van der Waals surface area contributed by atoms with Gasteiger partial charge in [0, 0.05) is 42.5 Å². The number of phenolic OH excluding ortho intramolecular Hbond substituents is 1. The predicted molar refractivity (Wildman–Crippen MR) is 115 cm³/mol. The van der Waals surface area contributed by atoms with Crippen LogP contribution < -0.4 is 9.47 Å². The number of morpholine rings is 1. The summed E-state index contributed by atoms with van der Waals surface area (Å²) in [5, 5.41) is 18.2. The molecule has 0 bridgehead atoms. The Morgan fingerprint density at radius 2 is 1.83 bits per heavy atom. The number of aryl methyl sites for hydroxylation is 1. The summed E-state index contributed by atoms with van der Waals surface area (Å²) in [5.74, 6) is 1.57. The second kappa shape index (κ2) is 9.19. The van der Waals surface area contributed by atoms with Crippen molar-refractivity contribution in [2.75, 3.05) is 46.6 Å². The van der Waals surface area contributed by atoms with Gasteiger partial charge in [-0.1, -0.05) is 12.1 Å². The third-order valence-electron chi connectivity index (χ3n) is 5.33. The summed E-state index contributed by atoms with van der Waals surface area (Å²) in [6, 6.07) is 13.2. The van der Waals surface area contributed by atoms with Gasteiger partial charge in [-0.15, -0.1) is 0 Å². The molecule has 0 spiro atoms. The molecular formula is C23H27N3O4. The summed E-state index contributed by atoms with van der Waals surface area (Å²) in [6.07, 6.45) is 0. The van der Waals surface area contributed by atoms with Gasteiger partial charge >= 0.3 is 0 Å². The Kier molecular flexibility index (Phi) is 6.21. The fourth-order valence-corrected chi connectivity index (χ4v) is 3.65. The van der Waals surface area contributed by atoms with Crippen molar-refractivity contribution in [2.24, 2.45) is 0 Å². The molecule has 0 amide bonds. The summed E-state index contributed by atoms with van der Waals surface area (Å²) in [5.41, 5.74) is 4.25. The van der Waals surface area contributed by atoms with Crippen molar-refractivity contribution in [2.45, 2.75) is 6.92 Å². The third kappa shape index (κ3) is 4.42. The molecule has 1 aromatic heterocycles. The highest BCUT2D eigenvalue weighted by Crippen LogP contribution is 2.39. The SMILES string of the molecule is COc1ccc(-c2c(-c3ccc(OCCN4CCOCC4)cc3O)n[nH]c2C)cc1. The molecule has 4 rings (SSSR count). The van der Waals surface area contributed by atoms with E-state index in [0.29, 0.717) is 23.6 Å². The van der Waals surface area contributed by atoms with Gasteiger partial charge in [0.15, 0.2) is 0 Å². The fraction of sp³-hybridized carbons (Fsp3) is 0.348. The molecule has 0 unspecified atom stereocenters. The molecule has 2 heterocycles. The maximum Gasteiger partial charge on any atom is 0.128 e. The normalized spacial score (nSPS) is 14.6. The predicted octanol–water partition coefficient (Wildman–Crippen LogP) is 3.48. The molecule has 0 atom stereocenters. The van der Waals surface area contributed by atoms with Crippen molar-refractivity contribution in [3.8, 4) is 39.6 Å². The molecular weight excluding hydrogens is 382 g/mol. The first-order valence-corrected chi connectivity index (χ1v) is 10.1. The van der Waals surface area contributed by atoms with Crippen LogP contribution in [0.1, 0.15) is 5.69 Å². The van der Waals surface area contributed by atoms with Crippen LogP contribution in [0.5, 0.6) is 17.2 Å². The number of H-pyrrole nitrogens is 1. The Labute approximate surface area is 176 Å². The first kappa shape index (κ1) is 20.3. The Morgan fingerprint density at radius 1 is 1.10 bits per heavy atom. The maximum atomic E-state index is 10.7. The lowest BCUT2D eigenvalue weighted by atomic mass is 9.98. The van der Waals surface area contributed by atoms with E-state index >= 15 is 0 Å². The molecule has 0 saturated carbocycles. The number of phenols is 1. The Hall–Kier alpha value is -3.03. The number of aromatic amines is 1. The van der Waals surface area contributed by atoms with E-state index in [1.807, 2.05) is 43.3 Å². The molecule has 1 saturated heterocycles. The molecule has 2 aromatic carbocycles. The molecule has 3 aromatic rings. The van der Waals surface area contributed by atoms with Crippen LogP contribution in [0.3, 0.4) is 0 Å². The monoisotopic (exact) mass is 409 g/mol. The number of rotatable bonds is 7. The van der Waals surface area contributed by atoms with Crippen molar-refractivity contribution < 1.29 is 19.3 Å². The molecule has 2 N–H and O–H groups in total. The van der Waals surface area contributed by atoms with E-state index in [9.17, 15) is 5.11 Å². The summed E-state index contributed by atoms with van der Waals surface area (Å²) < 4.78 is 16.4. The van der Waals surface area contributed by atoms with Crippen LogP contribution in [0.2, 0.25) is 0 Å². The highest BCUT2D eigenvalue weighted by Gasteiger charge is 2.18. The zero-order valence-corrected chi connectivity index (χ0v) is 17.4. The van der Waals surface area contributed by atoms with Crippen LogP contribution in [-0.2, 0) is 4.74 Å². The molecule has 1 aliphatic heterocycles. The van der Waals surface area contributed by atoms with Gasteiger partial charge in [-0.2, -0.15) is 5.10 Å². The lowest BCUT2D eigenvalue weighted by Crippen LogP contribution is -2.38. The number of ether oxygens (including phenoxy) is 3. The van der Waals surface area contributed by atoms with Crippen molar-refractivity contribution in [3.63, 3.8) is 0 Å². The first-order valence-electron chi connectivity index (χ1n) is 10.1. The molecule has 0 radical (unpaired) electrons. The van der Waals surface area contributed by atoms with E-state index in [4.69, 9.17) is 14.2 Å². The average Bonchev–Trinajstić information content (AvgIpc) is 3.16. The average molecular weight is 409 g/mol. The van der Waals surface area contributed by atoms with Crippen molar-refractivity contribution in [1.29, 1.82) is 0 Å². The van der Waals surface area contributed by atoms with Crippen molar-refractivity contribution in [3.05, 3.63) is 48.2 Å². The molecule has 7 nitrogen and oxygen atoms in total. The van der Waals surface area contributed by atoms with E-state index in [1.165, 1.54) is 0 Å². The van der Waals surface area contributed by atoms with Crippen LogP contribution in [0.25, 0.3) is 22.4 Å². The van der Waals surface area contributed by atoms with Gasteiger partial charge in [-0.25, -0.2) is 0 Å². The number of hydrogen-bond acceptors (Lipinski definition) is 6. The highest BCUT2D eigenvalue weighted by molar-refractivity contribution is 5.85. The number of nitrogens with one attached hydrogen (secondary N) is 1. The molecule has 1 fully saturated rings. The quantitative estimate of drug-likeness (QED) is 0.622. The minimum atomic E-state index is 0.139. The standard InChI is InChI=1S/C23H27N3O4/c1-16-22(17-3-5-18(28-2)6-4-17)23(25-24-16)20-8-7-19(15-21(20)27)30-14-11-26-9-12-29-13-10-26/h3-8,15,27H,9-14H2,1-2H3,(H,24,25). The van der Waals surface area contributed by atoms with Crippen LogP contribution in [0, 0.1) is 6.92 Å². The molecule has 0 aliphatic carbocycles. The maximum absolute atomic E-state index is 10.7. The molecule has 1 aliphatic rings. The lowest BCUT2D eigenvalue weighted by molar-refractivity contribution is 0.0322. The van der Waals surface area contributed by atoms with Crippen LogP contribution in [0.4, 0.5) is 0 Å². The van der Waals surface area contributed by atoms with E-state index in [1.54, 1.807) is 13.2 Å². The Bertz CT molecular complexity index is 979. The molecule has 7 heteroatoms. The van der Waals surface area contributed by atoms with Crippen LogP contribution in [0.15, 0.2) is 42.5 Å². The molecule has 30 heavy (non-hydrogen) atoms. The largest absolute Gasteiger partial charge is 0.507 e. The number of aromatic hydroxyl groups is 1. The Balaban J connectivity index is 1.50. The summed E-state index contributed by atoms with van der Waals surface area (Å²) >= 11 is 0. The number of nitrogens with zero attached hydrogens (tertiary/aromatic N) is 2. The second-order valence-corrected chi connectivity index (χ2v) is 7.28. The number of hydrogen-bond donors (Lipinski definition) is 2. The van der Waals surface area contributed by atoms with Crippen LogP contribution >= 0.6 is 0 Å². The fourth-order valence-electron chi connectivity index (χ4n) is 3.65. The van der Waals surface area contributed by atoms with E-state index in [2.05, 4.69) is 15.1 Å². The van der Waals surface area contributed by atoms with Gasteiger partial charge in [-0.3, -0.25) is 10.00 Å². The molecule has 158 valence electrons. The number of methoxy groups -OCH3 is 1. The van der Waals surface area contributed by atoms with Crippen molar-refractivity contribution >= 4 is 0 Å². The number of benzene rings is 2. The smallest absolute Gasteiger partial charge is 0.128 e. The van der Waals surface area contributed by atoms with Gasteiger partial charge in [0.2, 0.25) is 0 Å². The van der Waals surface area contributed by atoms with Gasteiger partial charge in [0.1, 0.15) is 29.5 Å². The van der Waals surface area contributed by atoms with E-state index in [-0.39, 0.29) is 5.75 Å². The summed E-state index contributed by atoms with van der Waals surface area (Å²) in [7, 11) is 1.64. The Morgan fingerprint density at radius 3 is 2.53 bits per heavy atom. The summed E-state index contributed by atoms with van der Waals surface area (Å²) in [6.45, 7) is 6.78. The zero-order chi connectivity index (χ0) is 20.9. The van der Waals surface area contributed by atoms with Crippen LogP contribution in [-0.4, -0.2) is 66.8 Å². The minimum Gasteiger partial charge on any atom is -0.507 e. The van der Waals surface area contributed by atoms with E-state index in [0.717, 1.165) is 55.4 Å². The first-order chi connectivity index (χ1) is 14.7. The van der Waals surface area contributed by atoms with Gasteiger partial charge in [0.25, 0.3) is 0 Å². The highest BCUT2D eigenvalue weighted by atomic mass is 16.5. The summed E-state index contributed by atoms with van der Waals surface area (Å²) in [4.78, 5) is 2.31. The zero-order valence-electron chi connectivity index (χ0n) is 17.4. The van der Waals surface area contributed by atoms with Gasteiger partial charge in [-0.05, 0) is 36.8 Å². The second-order valence-electron chi connectivity index (χ2n) is 7.28. The van der Waals surface area contributed by atoms with Crippen molar-refractivity contribution in [1.82, 2.24) is 15.1 Å². The number of aromatic nitrogens is 2. The lowest BCUT2D eigenvalue weighted by Gasteiger charge is -2.26. The topological polar surface area (TPSA) is 79.8 Å². The third-order valence-corrected chi connectivity index (χ3v) is 5.33. The van der Waals surface area contributed by atoms with Gasteiger partial charge < -0.3 is 19.3 Å².